The number of piperazine rings is 1. The fourth-order valence-electron chi connectivity index (χ4n) is 3.14. The number of nitrogens with one attached hydrogen (secondary N) is 1. The Labute approximate surface area is 175 Å². The molecule has 0 bridgehead atoms. The molecule has 7 nitrogen and oxygen atoms in total. The molecular formula is C19H25Cl2N7. The minimum atomic E-state index is -0.0528. The van der Waals surface area contributed by atoms with Crippen molar-refractivity contribution < 1.29 is 0 Å². The maximum absolute atomic E-state index is 6.25. The highest BCUT2D eigenvalue weighted by molar-refractivity contribution is 6.35. The molecule has 1 aliphatic rings. The molecule has 1 aliphatic heterocycles. The van der Waals surface area contributed by atoms with E-state index in [0.29, 0.717) is 22.5 Å². The van der Waals surface area contributed by atoms with Gasteiger partial charge < -0.3 is 16.0 Å². The largest absolute Gasteiger partial charge is 0.370 e. The molecule has 1 aromatic carbocycles. The maximum Gasteiger partial charge on any atom is 0.225 e. The first-order valence-electron chi connectivity index (χ1n) is 9.28. The lowest BCUT2D eigenvalue weighted by Crippen LogP contribution is -2.47. The number of aromatic nitrogens is 2. The van der Waals surface area contributed by atoms with E-state index in [1.165, 1.54) is 0 Å². The van der Waals surface area contributed by atoms with Crippen LogP contribution in [0.2, 0.25) is 10.0 Å². The Kier molecular flexibility index (Phi) is 7.30. The van der Waals surface area contributed by atoms with Gasteiger partial charge in [-0.05, 0) is 30.7 Å². The topological polar surface area (TPSA) is 82.7 Å². The zero-order chi connectivity index (χ0) is 19.9. The van der Waals surface area contributed by atoms with Gasteiger partial charge in [0.05, 0.1) is 12.6 Å². The normalized spacial score (nSPS) is 16.8. The molecule has 28 heavy (non-hydrogen) atoms. The molecule has 0 spiro atoms. The first kappa shape index (κ1) is 20.6. The second-order valence-corrected chi connectivity index (χ2v) is 7.52. The minimum Gasteiger partial charge on any atom is -0.370 e. The van der Waals surface area contributed by atoms with Crippen molar-refractivity contribution in [1.29, 1.82) is 0 Å². The summed E-state index contributed by atoms with van der Waals surface area (Å²) >= 11 is 12.2. The van der Waals surface area contributed by atoms with Gasteiger partial charge in [-0.15, -0.1) is 0 Å². The molecule has 2 heterocycles. The Morgan fingerprint density at radius 3 is 2.61 bits per heavy atom. The molecule has 1 saturated heterocycles. The second kappa shape index (κ2) is 9.91. The Morgan fingerprint density at radius 1 is 1.21 bits per heavy atom. The predicted octanol–water partition coefficient (Wildman–Crippen LogP) is 2.57. The molecular weight excluding hydrogens is 397 g/mol. The molecule has 0 amide bonds. The second-order valence-electron chi connectivity index (χ2n) is 6.68. The van der Waals surface area contributed by atoms with Gasteiger partial charge in [0.15, 0.2) is 5.96 Å². The smallest absolute Gasteiger partial charge is 0.225 e. The fraction of sp³-hybridized carbons (Fsp3) is 0.421. The highest BCUT2D eigenvalue weighted by Crippen LogP contribution is 2.25. The number of anilines is 1. The first-order chi connectivity index (χ1) is 13.5. The first-order valence-corrected chi connectivity index (χ1v) is 10.0. The standard InChI is InChI=1S/C19H25Cl2N7/c1-14(16-4-3-15(20)13-17(16)21)26-18(22)23-7-8-27-9-11-28(12-10-27)19-24-5-2-6-25-19/h2-6,13-14H,7-12H2,1H3,(H3,22,23,26). The van der Waals surface area contributed by atoms with Gasteiger partial charge >= 0.3 is 0 Å². The van der Waals surface area contributed by atoms with Gasteiger partial charge in [0.1, 0.15) is 0 Å². The van der Waals surface area contributed by atoms with Gasteiger partial charge in [-0.3, -0.25) is 9.89 Å². The molecule has 1 unspecified atom stereocenters. The van der Waals surface area contributed by atoms with E-state index < -0.39 is 0 Å². The van der Waals surface area contributed by atoms with E-state index in [-0.39, 0.29) is 6.04 Å². The number of hydrogen-bond acceptors (Lipinski definition) is 5. The van der Waals surface area contributed by atoms with Crippen LogP contribution in [0, 0.1) is 0 Å². The van der Waals surface area contributed by atoms with Crippen molar-refractivity contribution in [3.05, 3.63) is 52.3 Å². The van der Waals surface area contributed by atoms with E-state index >= 15 is 0 Å². The van der Waals surface area contributed by atoms with E-state index in [9.17, 15) is 0 Å². The van der Waals surface area contributed by atoms with Crippen molar-refractivity contribution in [2.75, 3.05) is 44.2 Å². The summed E-state index contributed by atoms with van der Waals surface area (Å²) in [6, 6.07) is 7.21. The predicted molar refractivity (Wildman–Crippen MR) is 115 cm³/mol. The van der Waals surface area contributed by atoms with E-state index in [4.69, 9.17) is 28.9 Å². The summed E-state index contributed by atoms with van der Waals surface area (Å²) in [6.07, 6.45) is 3.55. The lowest BCUT2D eigenvalue weighted by atomic mass is 10.1. The van der Waals surface area contributed by atoms with Crippen molar-refractivity contribution in [2.45, 2.75) is 13.0 Å². The van der Waals surface area contributed by atoms with Crippen LogP contribution in [-0.4, -0.2) is 60.1 Å². The highest BCUT2D eigenvalue weighted by atomic mass is 35.5. The monoisotopic (exact) mass is 421 g/mol. The number of aliphatic imine (C=N–C) groups is 1. The van der Waals surface area contributed by atoms with Gasteiger partial charge in [-0.25, -0.2) is 9.97 Å². The minimum absolute atomic E-state index is 0.0528. The van der Waals surface area contributed by atoms with Crippen LogP contribution in [0.3, 0.4) is 0 Å². The Hall–Kier alpha value is -2.09. The van der Waals surface area contributed by atoms with E-state index in [1.54, 1.807) is 18.5 Å². The zero-order valence-corrected chi connectivity index (χ0v) is 17.4. The summed E-state index contributed by atoms with van der Waals surface area (Å²) in [7, 11) is 0. The SMILES string of the molecule is CC(NC(N)=NCCN1CCN(c2ncccn2)CC1)c1ccc(Cl)cc1Cl. The molecule has 3 N–H and O–H groups in total. The van der Waals surface area contributed by atoms with Crippen LogP contribution in [0.15, 0.2) is 41.7 Å². The van der Waals surface area contributed by atoms with Crippen molar-refractivity contribution in [3.63, 3.8) is 0 Å². The molecule has 150 valence electrons. The van der Waals surface area contributed by atoms with Gasteiger partial charge in [-0.1, -0.05) is 29.3 Å². The van der Waals surface area contributed by atoms with E-state index in [2.05, 4.69) is 30.1 Å². The summed E-state index contributed by atoms with van der Waals surface area (Å²) in [5.74, 6) is 1.21. The maximum atomic E-state index is 6.25. The number of benzene rings is 1. The molecule has 1 atom stereocenters. The molecule has 0 saturated carbocycles. The number of nitrogens with zero attached hydrogens (tertiary/aromatic N) is 5. The number of rotatable bonds is 6. The number of halogens is 2. The van der Waals surface area contributed by atoms with Crippen LogP contribution in [0.5, 0.6) is 0 Å². The zero-order valence-electron chi connectivity index (χ0n) is 15.9. The molecule has 0 radical (unpaired) electrons. The summed E-state index contributed by atoms with van der Waals surface area (Å²) in [6.45, 7) is 7.23. The Balaban J connectivity index is 1.42. The van der Waals surface area contributed by atoms with Crippen molar-refractivity contribution in [1.82, 2.24) is 20.2 Å². The van der Waals surface area contributed by atoms with Gasteiger partial charge in [-0.2, -0.15) is 0 Å². The summed E-state index contributed by atoms with van der Waals surface area (Å²) in [5.41, 5.74) is 6.97. The van der Waals surface area contributed by atoms with Gasteiger partial charge in [0.25, 0.3) is 0 Å². The molecule has 3 rings (SSSR count). The molecule has 2 aromatic rings. The Bertz CT molecular complexity index is 792. The third-order valence-electron chi connectivity index (χ3n) is 4.70. The van der Waals surface area contributed by atoms with Crippen LogP contribution in [0.25, 0.3) is 0 Å². The van der Waals surface area contributed by atoms with Crippen molar-refractivity contribution in [2.24, 2.45) is 10.7 Å². The highest BCUT2D eigenvalue weighted by Gasteiger charge is 2.18. The lowest BCUT2D eigenvalue weighted by molar-refractivity contribution is 0.264. The molecule has 1 fully saturated rings. The third-order valence-corrected chi connectivity index (χ3v) is 5.26. The summed E-state index contributed by atoms with van der Waals surface area (Å²) in [4.78, 5) is 17.6. The summed E-state index contributed by atoms with van der Waals surface area (Å²) < 4.78 is 0. The number of guanidine groups is 1. The van der Waals surface area contributed by atoms with Gasteiger partial charge in [0.2, 0.25) is 5.95 Å². The Morgan fingerprint density at radius 2 is 1.93 bits per heavy atom. The number of nitrogens with two attached hydrogens (primary N) is 1. The average molecular weight is 422 g/mol. The molecule has 1 aromatic heterocycles. The van der Waals surface area contributed by atoms with E-state index in [0.717, 1.165) is 44.2 Å². The van der Waals surface area contributed by atoms with Crippen LogP contribution in [-0.2, 0) is 0 Å². The van der Waals surface area contributed by atoms with Crippen LogP contribution in [0.4, 0.5) is 5.95 Å². The number of hydrogen-bond donors (Lipinski definition) is 2. The van der Waals surface area contributed by atoms with Crippen molar-refractivity contribution >= 4 is 35.1 Å². The molecule has 9 heteroatoms. The fourth-order valence-corrected chi connectivity index (χ4v) is 3.71. The average Bonchev–Trinajstić information content (AvgIpc) is 2.69. The van der Waals surface area contributed by atoms with Crippen LogP contribution in [0.1, 0.15) is 18.5 Å². The molecule has 0 aliphatic carbocycles. The van der Waals surface area contributed by atoms with Crippen LogP contribution < -0.4 is 16.0 Å². The quantitative estimate of drug-likeness (QED) is 0.550. The van der Waals surface area contributed by atoms with Crippen molar-refractivity contribution in [3.8, 4) is 0 Å². The lowest BCUT2D eigenvalue weighted by Gasteiger charge is -2.34. The summed E-state index contributed by atoms with van der Waals surface area (Å²) in [5, 5.41) is 4.40. The third kappa shape index (κ3) is 5.70. The van der Waals surface area contributed by atoms with E-state index in [1.807, 2.05) is 25.1 Å². The van der Waals surface area contributed by atoms with Gasteiger partial charge in [0, 0.05) is 55.2 Å². The van der Waals surface area contributed by atoms with Crippen LogP contribution >= 0.6 is 23.2 Å².